The molecule has 21 heavy (non-hydrogen) atoms. The number of aliphatic hydroxyl groups is 1. The van der Waals surface area contributed by atoms with Crippen molar-refractivity contribution in [3.8, 4) is 6.07 Å². The number of aryl methyl sites for hydroxylation is 1. The summed E-state index contributed by atoms with van der Waals surface area (Å²) >= 11 is 0. The maximum Gasteiger partial charge on any atom is 0.111 e. The highest BCUT2D eigenvalue weighted by molar-refractivity contribution is 5.45. The average Bonchev–Trinajstić information content (AvgIpc) is 2.50. The molecule has 2 nitrogen and oxygen atoms in total. The smallest absolute Gasteiger partial charge is 0.111 e. The van der Waals surface area contributed by atoms with Gasteiger partial charge in [0.25, 0.3) is 0 Å². The molecule has 1 aromatic carbocycles. The normalized spacial score (nSPS) is 30.2. The average molecular weight is 283 g/mol. The van der Waals surface area contributed by atoms with Crippen LogP contribution in [0, 0.1) is 16.7 Å². The zero-order valence-corrected chi connectivity index (χ0v) is 13.2. The number of benzene rings is 1. The van der Waals surface area contributed by atoms with E-state index < -0.39 is 11.0 Å². The fourth-order valence-corrected chi connectivity index (χ4v) is 4.30. The molecule has 0 radical (unpaired) electrons. The Morgan fingerprint density at radius 3 is 2.38 bits per heavy atom. The van der Waals surface area contributed by atoms with Crippen molar-refractivity contribution in [3.63, 3.8) is 0 Å². The second-order valence-corrected chi connectivity index (χ2v) is 7.72. The van der Waals surface area contributed by atoms with E-state index in [0.29, 0.717) is 0 Å². The van der Waals surface area contributed by atoms with Crippen LogP contribution in [0.15, 0.2) is 24.3 Å². The van der Waals surface area contributed by atoms with Crippen LogP contribution < -0.4 is 0 Å². The molecule has 0 bridgehead atoms. The van der Waals surface area contributed by atoms with Crippen LogP contribution in [0.25, 0.3) is 0 Å². The van der Waals surface area contributed by atoms with Crippen molar-refractivity contribution in [1.82, 2.24) is 0 Å². The maximum atomic E-state index is 11.4. The number of hydrogen-bond donors (Lipinski definition) is 1. The first kappa shape index (κ1) is 14.6. The lowest BCUT2D eigenvalue weighted by Crippen LogP contribution is -2.55. The molecular formula is C19H25NO. The molecule has 1 N–H and O–H groups in total. The summed E-state index contributed by atoms with van der Waals surface area (Å²) in [5.41, 5.74) is 1.05. The zero-order chi connectivity index (χ0) is 15.1. The largest absolute Gasteiger partial charge is 0.388 e. The van der Waals surface area contributed by atoms with Gasteiger partial charge in [-0.1, -0.05) is 38.1 Å². The number of rotatable bonds is 1. The Balaban J connectivity index is 2.05. The van der Waals surface area contributed by atoms with Gasteiger partial charge in [0.2, 0.25) is 0 Å². The van der Waals surface area contributed by atoms with E-state index in [2.05, 4.69) is 32.0 Å². The highest BCUT2D eigenvalue weighted by Gasteiger charge is 2.55. The minimum Gasteiger partial charge on any atom is -0.388 e. The van der Waals surface area contributed by atoms with Gasteiger partial charge in [0.15, 0.2) is 0 Å². The molecule has 0 spiro atoms. The van der Waals surface area contributed by atoms with Gasteiger partial charge >= 0.3 is 0 Å². The van der Waals surface area contributed by atoms with E-state index in [1.54, 1.807) is 0 Å². The van der Waals surface area contributed by atoms with Gasteiger partial charge < -0.3 is 5.11 Å². The quantitative estimate of drug-likeness (QED) is 0.842. The van der Waals surface area contributed by atoms with Gasteiger partial charge in [0.05, 0.1) is 11.7 Å². The molecule has 0 aliphatic heterocycles. The van der Waals surface area contributed by atoms with Crippen molar-refractivity contribution >= 4 is 0 Å². The van der Waals surface area contributed by atoms with Gasteiger partial charge in [-0.05, 0) is 61.5 Å². The molecule has 0 aromatic heterocycles. The first-order valence-corrected chi connectivity index (χ1v) is 8.15. The number of fused-ring (bicyclic) bond motifs is 1. The van der Waals surface area contributed by atoms with Crippen LogP contribution >= 0.6 is 0 Å². The molecule has 112 valence electrons. The van der Waals surface area contributed by atoms with Crippen LogP contribution in [0.3, 0.4) is 0 Å². The van der Waals surface area contributed by atoms with Crippen LogP contribution in [-0.4, -0.2) is 10.7 Å². The fourth-order valence-electron chi connectivity index (χ4n) is 4.30. The van der Waals surface area contributed by atoms with E-state index in [-0.39, 0.29) is 5.41 Å². The Morgan fingerprint density at radius 1 is 1.05 bits per heavy atom. The summed E-state index contributed by atoms with van der Waals surface area (Å²) in [7, 11) is 0. The Hall–Kier alpha value is -1.33. The van der Waals surface area contributed by atoms with Gasteiger partial charge in [0.1, 0.15) is 5.41 Å². The molecular weight excluding hydrogens is 258 g/mol. The Labute approximate surface area is 127 Å². The van der Waals surface area contributed by atoms with Gasteiger partial charge in [-0.3, -0.25) is 0 Å². The Kier molecular flexibility index (Phi) is 3.37. The minimum atomic E-state index is -0.867. The molecule has 1 saturated carbocycles. The monoisotopic (exact) mass is 283 g/mol. The second kappa shape index (κ2) is 4.85. The van der Waals surface area contributed by atoms with Crippen LogP contribution in [0.1, 0.15) is 63.5 Å². The molecule has 1 atom stereocenters. The zero-order valence-electron chi connectivity index (χ0n) is 13.2. The van der Waals surface area contributed by atoms with Gasteiger partial charge in [-0.25, -0.2) is 0 Å². The third-order valence-electron chi connectivity index (χ3n) is 5.89. The Bertz CT molecular complexity index is 573. The molecule has 1 unspecified atom stereocenters. The third-order valence-corrected chi connectivity index (χ3v) is 5.89. The number of nitriles is 1. The summed E-state index contributed by atoms with van der Waals surface area (Å²) in [5.74, 6) is 0. The lowest BCUT2D eigenvalue weighted by atomic mass is 9.55. The summed E-state index contributed by atoms with van der Waals surface area (Å²) in [6, 6.07) is 10.8. The first-order valence-electron chi connectivity index (χ1n) is 8.15. The third kappa shape index (κ3) is 2.19. The first-order chi connectivity index (χ1) is 9.93. The van der Waals surface area contributed by atoms with Gasteiger partial charge in [0, 0.05) is 0 Å². The van der Waals surface area contributed by atoms with E-state index in [4.69, 9.17) is 0 Å². The van der Waals surface area contributed by atoms with Crippen molar-refractivity contribution in [1.29, 1.82) is 5.26 Å². The van der Waals surface area contributed by atoms with E-state index in [9.17, 15) is 10.4 Å². The summed E-state index contributed by atoms with van der Waals surface area (Å²) in [6.45, 7) is 4.53. The van der Waals surface area contributed by atoms with Crippen molar-refractivity contribution in [2.75, 3.05) is 0 Å². The van der Waals surface area contributed by atoms with Crippen molar-refractivity contribution in [2.24, 2.45) is 5.41 Å². The lowest BCUT2D eigenvalue weighted by molar-refractivity contribution is -0.0753. The molecule has 0 heterocycles. The second-order valence-electron chi connectivity index (χ2n) is 7.72. The summed E-state index contributed by atoms with van der Waals surface area (Å²) in [4.78, 5) is 0. The van der Waals surface area contributed by atoms with Crippen LogP contribution in [0.2, 0.25) is 0 Å². The highest BCUT2D eigenvalue weighted by atomic mass is 16.3. The van der Waals surface area contributed by atoms with Crippen LogP contribution in [0.5, 0.6) is 0 Å². The predicted molar refractivity (Wildman–Crippen MR) is 83.9 cm³/mol. The molecule has 2 aliphatic carbocycles. The predicted octanol–water partition coefficient (Wildman–Crippen LogP) is 4.12. The highest BCUT2D eigenvalue weighted by Crippen LogP contribution is 2.53. The summed E-state index contributed by atoms with van der Waals surface area (Å²) < 4.78 is 0. The fraction of sp³-hybridized carbons (Fsp3) is 0.632. The molecule has 0 amide bonds. The minimum absolute atomic E-state index is 0.289. The lowest BCUT2D eigenvalue weighted by Gasteiger charge is -2.50. The van der Waals surface area contributed by atoms with Crippen LogP contribution in [-0.2, 0) is 11.8 Å². The van der Waals surface area contributed by atoms with Gasteiger partial charge in [-0.2, -0.15) is 5.26 Å². The Morgan fingerprint density at radius 2 is 1.71 bits per heavy atom. The molecule has 1 aromatic rings. The molecule has 0 saturated heterocycles. The number of nitrogens with zero attached hydrogens (tertiary/aromatic N) is 1. The van der Waals surface area contributed by atoms with Crippen molar-refractivity contribution in [2.45, 2.75) is 69.8 Å². The van der Waals surface area contributed by atoms with E-state index in [0.717, 1.165) is 50.5 Å². The number of hydrogen-bond acceptors (Lipinski definition) is 2. The van der Waals surface area contributed by atoms with Gasteiger partial charge in [-0.15, -0.1) is 0 Å². The topological polar surface area (TPSA) is 44.0 Å². The standard InChI is InChI=1S/C19H25NO/c1-17(2)10-12-19(21,13-11-17)18(14-20)9-5-7-15-6-3-4-8-16(15)18/h3-4,6,8,21H,5,7,9-13H2,1-2H3. The summed E-state index contributed by atoms with van der Waals surface area (Å²) in [6.07, 6.45) is 6.28. The van der Waals surface area contributed by atoms with Crippen molar-refractivity contribution in [3.05, 3.63) is 35.4 Å². The van der Waals surface area contributed by atoms with Crippen LogP contribution in [0.4, 0.5) is 0 Å². The SMILES string of the molecule is CC1(C)CCC(O)(C2(C#N)CCCc3ccccc32)CC1. The van der Waals surface area contributed by atoms with E-state index in [1.807, 2.05) is 12.1 Å². The molecule has 2 heteroatoms. The molecule has 2 aliphatic rings. The summed E-state index contributed by atoms with van der Waals surface area (Å²) in [5, 5.41) is 21.4. The van der Waals surface area contributed by atoms with E-state index >= 15 is 0 Å². The molecule has 3 rings (SSSR count). The van der Waals surface area contributed by atoms with E-state index in [1.165, 1.54) is 5.56 Å². The maximum absolute atomic E-state index is 11.4. The van der Waals surface area contributed by atoms with Crippen molar-refractivity contribution < 1.29 is 5.11 Å². The molecule has 1 fully saturated rings.